The average Bonchev–Trinajstić information content (AvgIpc) is 2.58. The normalized spacial score (nSPS) is 12.7. The van der Waals surface area contributed by atoms with Gasteiger partial charge in [0, 0.05) is 23.3 Å². The van der Waals surface area contributed by atoms with Crippen LogP contribution in [0.2, 0.25) is 0 Å². The molecule has 0 saturated heterocycles. The van der Waals surface area contributed by atoms with E-state index in [1.807, 2.05) is 30.5 Å². The molecular weight excluding hydrogens is 286 g/mol. The van der Waals surface area contributed by atoms with E-state index >= 15 is 0 Å². The summed E-state index contributed by atoms with van der Waals surface area (Å²) >= 11 is 0. The Morgan fingerprint density at radius 1 is 1.22 bits per heavy atom. The van der Waals surface area contributed by atoms with Crippen LogP contribution in [0.15, 0.2) is 30.5 Å². The molecule has 0 aliphatic heterocycles. The maximum Gasteiger partial charge on any atom is 0.0726 e. The third kappa shape index (κ3) is 4.91. The minimum absolute atomic E-state index is 0.0526. The van der Waals surface area contributed by atoms with Crippen LogP contribution in [0.25, 0.3) is 10.9 Å². The standard InChI is InChI=1S/C19H29N3O/c1-4-22(5-2)12-6-7-15(3)21-18-10-11-20-19-13-16(14-23)8-9-17(18)19/h8-11,13,15,23H,4-7,12,14H2,1-3H3,(H,20,21). The number of aromatic nitrogens is 1. The Bertz CT molecular complexity index is 611. The molecule has 1 heterocycles. The van der Waals surface area contributed by atoms with E-state index in [2.05, 4.69) is 36.0 Å². The Morgan fingerprint density at radius 3 is 2.70 bits per heavy atom. The summed E-state index contributed by atoms with van der Waals surface area (Å²) in [7, 11) is 0. The number of nitrogens with one attached hydrogen (secondary N) is 1. The zero-order valence-corrected chi connectivity index (χ0v) is 14.5. The molecule has 126 valence electrons. The largest absolute Gasteiger partial charge is 0.392 e. The van der Waals surface area contributed by atoms with Crippen molar-refractivity contribution in [1.29, 1.82) is 0 Å². The number of benzene rings is 1. The number of aliphatic hydroxyl groups is 1. The van der Waals surface area contributed by atoms with E-state index in [0.29, 0.717) is 6.04 Å². The smallest absolute Gasteiger partial charge is 0.0726 e. The van der Waals surface area contributed by atoms with Gasteiger partial charge >= 0.3 is 0 Å². The Morgan fingerprint density at radius 2 is 2.00 bits per heavy atom. The molecule has 23 heavy (non-hydrogen) atoms. The van der Waals surface area contributed by atoms with Crippen molar-refractivity contribution in [2.45, 2.75) is 46.3 Å². The molecule has 1 aromatic carbocycles. The Balaban J connectivity index is 1.98. The quantitative estimate of drug-likeness (QED) is 0.741. The molecule has 0 bridgehead atoms. The molecule has 0 spiro atoms. The summed E-state index contributed by atoms with van der Waals surface area (Å²) in [6, 6.07) is 8.40. The van der Waals surface area contributed by atoms with E-state index in [-0.39, 0.29) is 6.61 Å². The summed E-state index contributed by atoms with van der Waals surface area (Å²) in [6.07, 6.45) is 4.18. The van der Waals surface area contributed by atoms with Gasteiger partial charge in [-0.05, 0) is 57.1 Å². The SMILES string of the molecule is CCN(CC)CCCC(C)Nc1ccnc2cc(CO)ccc12. The Kier molecular flexibility index (Phi) is 6.81. The summed E-state index contributed by atoms with van der Waals surface area (Å²) in [5, 5.41) is 14.0. The summed E-state index contributed by atoms with van der Waals surface area (Å²) in [4.78, 5) is 6.87. The number of hydrogen-bond acceptors (Lipinski definition) is 4. The summed E-state index contributed by atoms with van der Waals surface area (Å²) in [5.41, 5.74) is 2.95. The van der Waals surface area contributed by atoms with Crippen LogP contribution in [0.5, 0.6) is 0 Å². The lowest BCUT2D eigenvalue weighted by atomic mass is 10.1. The van der Waals surface area contributed by atoms with Crippen molar-refractivity contribution in [3.63, 3.8) is 0 Å². The van der Waals surface area contributed by atoms with Crippen LogP contribution in [0.1, 0.15) is 39.2 Å². The molecule has 1 aromatic heterocycles. The van der Waals surface area contributed by atoms with Gasteiger partial charge in [0.15, 0.2) is 0 Å². The van der Waals surface area contributed by atoms with Crippen molar-refractivity contribution in [2.24, 2.45) is 0 Å². The molecule has 0 fully saturated rings. The van der Waals surface area contributed by atoms with Gasteiger partial charge in [-0.15, -0.1) is 0 Å². The summed E-state index contributed by atoms with van der Waals surface area (Å²) in [6.45, 7) is 10.1. The highest BCUT2D eigenvalue weighted by Crippen LogP contribution is 2.23. The van der Waals surface area contributed by atoms with E-state index in [0.717, 1.165) is 48.2 Å². The lowest BCUT2D eigenvalue weighted by Crippen LogP contribution is -2.25. The predicted octanol–water partition coefficient (Wildman–Crippen LogP) is 3.65. The highest BCUT2D eigenvalue weighted by atomic mass is 16.3. The molecule has 1 unspecified atom stereocenters. The van der Waals surface area contributed by atoms with Crippen molar-refractivity contribution in [1.82, 2.24) is 9.88 Å². The van der Waals surface area contributed by atoms with E-state index in [1.54, 1.807) is 0 Å². The molecule has 1 atom stereocenters. The van der Waals surface area contributed by atoms with E-state index < -0.39 is 0 Å². The van der Waals surface area contributed by atoms with Crippen LogP contribution in [-0.2, 0) is 6.61 Å². The van der Waals surface area contributed by atoms with Gasteiger partial charge in [0.25, 0.3) is 0 Å². The number of aliphatic hydroxyl groups excluding tert-OH is 1. The van der Waals surface area contributed by atoms with Gasteiger partial charge in [0.2, 0.25) is 0 Å². The second kappa shape index (κ2) is 8.85. The first kappa shape index (κ1) is 17.7. The molecule has 0 aliphatic carbocycles. The first-order valence-electron chi connectivity index (χ1n) is 8.65. The fourth-order valence-corrected chi connectivity index (χ4v) is 2.92. The van der Waals surface area contributed by atoms with Crippen molar-refractivity contribution in [3.05, 3.63) is 36.0 Å². The third-order valence-corrected chi connectivity index (χ3v) is 4.40. The maximum absolute atomic E-state index is 9.25. The van der Waals surface area contributed by atoms with Crippen molar-refractivity contribution >= 4 is 16.6 Å². The maximum atomic E-state index is 9.25. The monoisotopic (exact) mass is 315 g/mol. The first-order chi connectivity index (χ1) is 11.2. The molecule has 0 amide bonds. The molecule has 2 rings (SSSR count). The zero-order chi connectivity index (χ0) is 16.7. The van der Waals surface area contributed by atoms with Gasteiger partial charge in [-0.2, -0.15) is 0 Å². The van der Waals surface area contributed by atoms with E-state index in [4.69, 9.17) is 0 Å². The second-order valence-electron chi connectivity index (χ2n) is 6.08. The number of pyridine rings is 1. The summed E-state index contributed by atoms with van der Waals surface area (Å²) < 4.78 is 0. The Hall–Kier alpha value is -1.65. The molecule has 0 aliphatic rings. The van der Waals surface area contributed by atoms with Crippen molar-refractivity contribution < 1.29 is 5.11 Å². The minimum Gasteiger partial charge on any atom is -0.392 e. The lowest BCUT2D eigenvalue weighted by molar-refractivity contribution is 0.282. The number of rotatable bonds is 9. The molecule has 2 aromatic rings. The topological polar surface area (TPSA) is 48.4 Å². The number of hydrogen-bond donors (Lipinski definition) is 2. The zero-order valence-electron chi connectivity index (χ0n) is 14.5. The van der Waals surface area contributed by atoms with Gasteiger partial charge in [-0.3, -0.25) is 4.98 Å². The minimum atomic E-state index is 0.0526. The molecule has 0 radical (unpaired) electrons. The highest BCUT2D eigenvalue weighted by molar-refractivity contribution is 5.91. The van der Waals surface area contributed by atoms with Crippen LogP contribution in [0.3, 0.4) is 0 Å². The Labute approximate surface area is 139 Å². The number of anilines is 1. The first-order valence-corrected chi connectivity index (χ1v) is 8.65. The van der Waals surface area contributed by atoms with Gasteiger partial charge < -0.3 is 15.3 Å². The van der Waals surface area contributed by atoms with Crippen molar-refractivity contribution in [2.75, 3.05) is 25.0 Å². The number of nitrogens with zero attached hydrogens (tertiary/aromatic N) is 2. The van der Waals surface area contributed by atoms with Crippen LogP contribution >= 0.6 is 0 Å². The molecule has 2 N–H and O–H groups in total. The molecule has 4 heteroatoms. The van der Waals surface area contributed by atoms with Gasteiger partial charge in [0.05, 0.1) is 12.1 Å². The highest BCUT2D eigenvalue weighted by Gasteiger charge is 2.07. The third-order valence-electron chi connectivity index (χ3n) is 4.40. The van der Waals surface area contributed by atoms with E-state index in [1.165, 1.54) is 6.42 Å². The fourth-order valence-electron chi connectivity index (χ4n) is 2.92. The number of fused-ring (bicyclic) bond motifs is 1. The molecule has 0 saturated carbocycles. The summed E-state index contributed by atoms with van der Waals surface area (Å²) in [5.74, 6) is 0. The predicted molar refractivity (Wildman–Crippen MR) is 97.8 cm³/mol. The lowest BCUT2D eigenvalue weighted by Gasteiger charge is -2.20. The van der Waals surface area contributed by atoms with Crippen molar-refractivity contribution in [3.8, 4) is 0 Å². The molecular formula is C19H29N3O. The fraction of sp³-hybridized carbons (Fsp3) is 0.526. The van der Waals surface area contributed by atoms with Gasteiger partial charge in [0.1, 0.15) is 0 Å². The van der Waals surface area contributed by atoms with Crippen LogP contribution in [0.4, 0.5) is 5.69 Å². The van der Waals surface area contributed by atoms with Gasteiger partial charge in [-0.1, -0.05) is 26.0 Å². The van der Waals surface area contributed by atoms with E-state index in [9.17, 15) is 5.11 Å². The van der Waals surface area contributed by atoms with Gasteiger partial charge in [-0.25, -0.2) is 0 Å². The molecule has 4 nitrogen and oxygen atoms in total. The average molecular weight is 315 g/mol. The van der Waals surface area contributed by atoms with Crippen LogP contribution in [0, 0.1) is 0 Å². The second-order valence-corrected chi connectivity index (χ2v) is 6.08. The van der Waals surface area contributed by atoms with Crippen LogP contribution < -0.4 is 5.32 Å². The van der Waals surface area contributed by atoms with Crippen LogP contribution in [-0.4, -0.2) is 40.7 Å².